The van der Waals surface area contributed by atoms with Gasteiger partial charge in [-0.05, 0) is 66.2 Å². The van der Waals surface area contributed by atoms with Crippen LogP contribution >= 0.6 is 11.6 Å². The highest BCUT2D eigenvalue weighted by atomic mass is 35.5. The van der Waals surface area contributed by atoms with E-state index in [9.17, 15) is 4.79 Å². The molecule has 7 rings (SSSR count). The fraction of sp³-hybridized carbons (Fsp3) is 0.121. The summed E-state index contributed by atoms with van der Waals surface area (Å²) in [7, 11) is 3.91. The number of para-hydroxylation sites is 1. The molecule has 10 heteroatoms. The summed E-state index contributed by atoms with van der Waals surface area (Å²) in [5, 5.41) is 6.43. The van der Waals surface area contributed by atoms with Gasteiger partial charge in [0.1, 0.15) is 17.9 Å². The van der Waals surface area contributed by atoms with Gasteiger partial charge in [0, 0.05) is 41.8 Å². The average Bonchev–Trinajstić information content (AvgIpc) is 3.66. The molecular weight excluding hydrogens is 568 g/mol. The Morgan fingerprint density at radius 1 is 1.00 bits per heavy atom. The number of hydrogen-bond donors (Lipinski definition) is 0. The molecule has 4 aromatic carbocycles. The minimum atomic E-state index is -0.330. The van der Waals surface area contributed by atoms with Crippen molar-refractivity contribution in [2.45, 2.75) is 6.61 Å². The number of halogens is 1. The number of benzene rings is 4. The van der Waals surface area contributed by atoms with Crippen molar-refractivity contribution >= 4 is 45.4 Å². The minimum Gasteiger partial charge on any atom is -0.488 e. The van der Waals surface area contributed by atoms with Crippen LogP contribution in [0.25, 0.3) is 33.5 Å². The van der Waals surface area contributed by atoms with Gasteiger partial charge in [-0.3, -0.25) is 4.79 Å². The summed E-state index contributed by atoms with van der Waals surface area (Å²) < 4.78 is 24.5. The zero-order valence-corrected chi connectivity index (χ0v) is 24.0. The van der Waals surface area contributed by atoms with Crippen LogP contribution in [0.3, 0.4) is 0 Å². The maximum Gasteiger partial charge on any atom is 0.282 e. The van der Waals surface area contributed by atoms with Gasteiger partial charge in [-0.15, -0.1) is 0 Å². The van der Waals surface area contributed by atoms with Crippen LogP contribution in [0.2, 0.25) is 5.02 Å². The molecule has 0 amide bonds. The number of anilines is 1. The number of furan rings is 1. The van der Waals surface area contributed by atoms with E-state index >= 15 is 0 Å². The molecule has 9 nitrogen and oxygen atoms in total. The molecule has 214 valence electrons. The van der Waals surface area contributed by atoms with Crippen molar-refractivity contribution in [3.63, 3.8) is 0 Å². The van der Waals surface area contributed by atoms with E-state index in [4.69, 9.17) is 35.2 Å². The van der Waals surface area contributed by atoms with Crippen LogP contribution in [0.15, 0.2) is 99.2 Å². The molecule has 0 fully saturated rings. The Balaban J connectivity index is 1.30. The van der Waals surface area contributed by atoms with E-state index in [1.807, 2.05) is 61.5 Å². The van der Waals surface area contributed by atoms with Crippen LogP contribution < -0.4 is 24.7 Å². The first-order chi connectivity index (χ1) is 20.9. The van der Waals surface area contributed by atoms with Gasteiger partial charge in [0.2, 0.25) is 12.6 Å². The zero-order valence-electron chi connectivity index (χ0n) is 23.3. The van der Waals surface area contributed by atoms with Gasteiger partial charge in [-0.1, -0.05) is 29.8 Å². The molecule has 0 spiro atoms. The third-order valence-corrected chi connectivity index (χ3v) is 7.34. The first kappa shape index (κ1) is 26.6. The standard InChI is InChI=1S/C33H25ClN4O5/c1-37(2)24-10-8-21(29(16-24)40-18-20-7-11-28-30(13-20)42-19-41-28)17-35-38-32(36-26-6-4-3-5-25(26)33(38)39)31-15-22-14-23(34)9-12-27(22)43-31/h3-17H,18-19H2,1-2H3. The molecule has 1 aliphatic heterocycles. The topological polar surface area (TPSA) is 91.3 Å². The second kappa shape index (κ2) is 10.8. The molecular formula is C33H25ClN4O5. The summed E-state index contributed by atoms with van der Waals surface area (Å²) in [5.74, 6) is 2.64. The first-order valence-electron chi connectivity index (χ1n) is 13.5. The Morgan fingerprint density at radius 3 is 2.74 bits per heavy atom. The molecule has 0 bridgehead atoms. The summed E-state index contributed by atoms with van der Waals surface area (Å²) in [5.41, 5.74) is 3.37. The number of fused-ring (bicyclic) bond motifs is 3. The summed E-state index contributed by atoms with van der Waals surface area (Å²) >= 11 is 6.20. The maximum absolute atomic E-state index is 13.7. The Hall–Kier alpha value is -5.28. The van der Waals surface area contributed by atoms with E-state index in [-0.39, 0.29) is 18.2 Å². The quantitative estimate of drug-likeness (QED) is 0.190. The van der Waals surface area contributed by atoms with Gasteiger partial charge in [0.25, 0.3) is 5.56 Å². The fourth-order valence-corrected chi connectivity index (χ4v) is 5.04. The van der Waals surface area contributed by atoms with Gasteiger partial charge in [0.05, 0.1) is 17.1 Å². The molecule has 1 aliphatic rings. The monoisotopic (exact) mass is 592 g/mol. The van der Waals surface area contributed by atoms with E-state index in [1.54, 1.807) is 48.7 Å². The van der Waals surface area contributed by atoms with Crippen LogP contribution in [0.1, 0.15) is 11.1 Å². The summed E-state index contributed by atoms with van der Waals surface area (Å²) in [6.45, 7) is 0.497. The van der Waals surface area contributed by atoms with Crippen molar-refractivity contribution in [2.24, 2.45) is 5.10 Å². The smallest absolute Gasteiger partial charge is 0.282 e. The lowest BCUT2D eigenvalue weighted by atomic mass is 10.1. The van der Waals surface area contributed by atoms with Gasteiger partial charge < -0.3 is 23.5 Å². The molecule has 6 aromatic rings. The Kier molecular flexibility index (Phi) is 6.71. The molecule has 0 atom stereocenters. The highest BCUT2D eigenvalue weighted by Crippen LogP contribution is 2.33. The first-order valence-corrected chi connectivity index (χ1v) is 13.9. The van der Waals surface area contributed by atoms with Crippen molar-refractivity contribution in [3.05, 3.63) is 111 Å². The minimum absolute atomic E-state index is 0.206. The van der Waals surface area contributed by atoms with Gasteiger partial charge in [-0.2, -0.15) is 9.78 Å². The van der Waals surface area contributed by atoms with Crippen molar-refractivity contribution in [1.82, 2.24) is 9.66 Å². The van der Waals surface area contributed by atoms with Crippen LogP contribution in [0.5, 0.6) is 17.2 Å². The Bertz CT molecular complexity index is 2100. The van der Waals surface area contributed by atoms with Crippen LogP contribution in [0, 0.1) is 0 Å². The predicted octanol–water partition coefficient (Wildman–Crippen LogP) is 6.72. The predicted molar refractivity (Wildman–Crippen MR) is 167 cm³/mol. The second-order valence-electron chi connectivity index (χ2n) is 10.2. The SMILES string of the molecule is CN(C)c1ccc(C=Nn2c(-c3cc4cc(Cl)ccc4o3)nc3ccccc3c2=O)c(OCc2ccc3c(c2)OCO3)c1. The zero-order chi connectivity index (χ0) is 29.5. The number of rotatable bonds is 7. The van der Waals surface area contributed by atoms with E-state index in [2.05, 4.69) is 5.10 Å². The van der Waals surface area contributed by atoms with Crippen LogP contribution in [0.4, 0.5) is 5.69 Å². The molecule has 43 heavy (non-hydrogen) atoms. The van der Waals surface area contributed by atoms with Gasteiger partial charge in [-0.25, -0.2) is 4.98 Å². The Morgan fingerprint density at radius 2 is 1.86 bits per heavy atom. The van der Waals surface area contributed by atoms with Crippen LogP contribution in [-0.2, 0) is 6.61 Å². The number of ether oxygens (including phenoxy) is 3. The molecule has 0 radical (unpaired) electrons. The van der Waals surface area contributed by atoms with Crippen LogP contribution in [-0.4, -0.2) is 36.8 Å². The molecule has 0 saturated carbocycles. The second-order valence-corrected chi connectivity index (χ2v) is 10.6. The van der Waals surface area contributed by atoms with Crippen molar-refractivity contribution in [3.8, 4) is 28.8 Å². The maximum atomic E-state index is 13.7. The highest BCUT2D eigenvalue weighted by molar-refractivity contribution is 6.31. The largest absolute Gasteiger partial charge is 0.488 e. The molecule has 0 unspecified atom stereocenters. The summed E-state index contributed by atoms with van der Waals surface area (Å²) in [6, 6.07) is 25.8. The summed E-state index contributed by atoms with van der Waals surface area (Å²) in [6.07, 6.45) is 1.59. The van der Waals surface area contributed by atoms with Gasteiger partial charge in [0.15, 0.2) is 17.3 Å². The Labute approximate surface area is 251 Å². The normalized spacial score (nSPS) is 12.4. The van der Waals surface area contributed by atoms with E-state index < -0.39 is 0 Å². The van der Waals surface area contributed by atoms with E-state index in [1.165, 1.54) is 4.68 Å². The molecule has 0 aliphatic carbocycles. The summed E-state index contributed by atoms with van der Waals surface area (Å²) in [4.78, 5) is 20.5. The number of nitrogens with zero attached hydrogens (tertiary/aromatic N) is 4. The van der Waals surface area contributed by atoms with E-state index in [0.717, 1.165) is 16.6 Å². The third kappa shape index (κ3) is 5.15. The fourth-order valence-electron chi connectivity index (χ4n) is 4.86. The molecule has 0 N–H and O–H groups in total. The van der Waals surface area contributed by atoms with E-state index in [0.29, 0.717) is 56.7 Å². The van der Waals surface area contributed by atoms with Crippen molar-refractivity contribution < 1.29 is 18.6 Å². The lowest BCUT2D eigenvalue weighted by molar-refractivity contribution is 0.174. The lowest BCUT2D eigenvalue weighted by Gasteiger charge is -2.16. The molecule has 2 aromatic heterocycles. The third-order valence-electron chi connectivity index (χ3n) is 7.11. The average molecular weight is 593 g/mol. The van der Waals surface area contributed by atoms with Gasteiger partial charge >= 0.3 is 0 Å². The number of aromatic nitrogens is 2. The number of hydrogen-bond acceptors (Lipinski definition) is 8. The molecule has 3 heterocycles. The van der Waals surface area contributed by atoms with Crippen molar-refractivity contribution in [1.29, 1.82) is 0 Å². The lowest BCUT2D eigenvalue weighted by Crippen LogP contribution is -2.20. The van der Waals surface area contributed by atoms with Crippen molar-refractivity contribution in [2.75, 3.05) is 25.8 Å². The highest BCUT2D eigenvalue weighted by Gasteiger charge is 2.18. The molecule has 0 saturated heterocycles.